The molecule has 0 fully saturated rings. The lowest BCUT2D eigenvalue weighted by Gasteiger charge is -2.06. The third-order valence-corrected chi connectivity index (χ3v) is 5.35. The van der Waals surface area contributed by atoms with Gasteiger partial charge in [0.1, 0.15) is 11.5 Å². The number of fused-ring (bicyclic) bond motifs is 1. The quantitative estimate of drug-likeness (QED) is 0.398. The average Bonchev–Trinajstić information content (AvgIpc) is 3.41. The van der Waals surface area contributed by atoms with Gasteiger partial charge in [-0.3, -0.25) is 4.79 Å². The number of aromatic nitrogens is 1. The number of carbonyl (C=O) groups is 2. The van der Waals surface area contributed by atoms with Crippen molar-refractivity contribution in [2.24, 2.45) is 0 Å². The van der Waals surface area contributed by atoms with Crippen LogP contribution in [-0.2, 0) is 17.8 Å². The molecule has 31 heavy (non-hydrogen) atoms. The molecule has 2 heterocycles. The maximum atomic E-state index is 12.3. The van der Waals surface area contributed by atoms with E-state index in [-0.39, 0.29) is 18.4 Å². The number of carbonyl (C=O) groups excluding carboxylic acids is 2. The number of urea groups is 1. The number of benzene rings is 2. The second-order valence-electron chi connectivity index (χ2n) is 6.66. The monoisotopic (exact) mass is 436 g/mol. The highest BCUT2D eigenvalue weighted by Gasteiger charge is 2.10. The largest absolute Gasteiger partial charge is 0.497 e. The van der Waals surface area contributed by atoms with Gasteiger partial charge in [-0.25, -0.2) is 9.78 Å². The van der Waals surface area contributed by atoms with Gasteiger partial charge in [-0.05, 0) is 48.0 Å². The number of nitrogens with one attached hydrogen (secondary N) is 3. The highest BCUT2D eigenvalue weighted by molar-refractivity contribution is 7.22. The van der Waals surface area contributed by atoms with Crippen molar-refractivity contribution < 1.29 is 18.7 Å². The smallest absolute Gasteiger partial charge is 0.319 e. The van der Waals surface area contributed by atoms with Crippen molar-refractivity contribution in [2.75, 3.05) is 17.7 Å². The van der Waals surface area contributed by atoms with Gasteiger partial charge in [0.15, 0.2) is 5.13 Å². The van der Waals surface area contributed by atoms with Crippen LogP contribution in [-0.4, -0.2) is 24.0 Å². The number of ether oxygens (including phenoxy) is 1. The SMILES string of the molecule is COc1ccc(CC(=O)Nc2nc3ccc(NC(=O)NCc4ccco4)cc3s2)cc1. The molecular formula is C22H20N4O4S. The van der Waals surface area contributed by atoms with E-state index in [2.05, 4.69) is 20.9 Å². The topological polar surface area (TPSA) is 105 Å². The molecule has 0 bridgehead atoms. The number of hydrogen-bond donors (Lipinski definition) is 3. The Kier molecular flexibility index (Phi) is 6.13. The summed E-state index contributed by atoms with van der Waals surface area (Å²) in [5.74, 6) is 1.26. The lowest BCUT2D eigenvalue weighted by atomic mass is 10.1. The van der Waals surface area contributed by atoms with Crippen LogP contribution in [0.5, 0.6) is 5.75 Å². The van der Waals surface area contributed by atoms with Crippen LogP contribution in [0.3, 0.4) is 0 Å². The molecule has 4 rings (SSSR count). The predicted octanol–water partition coefficient (Wildman–Crippen LogP) is 4.40. The molecule has 2 aromatic carbocycles. The average molecular weight is 436 g/mol. The van der Waals surface area contributed by atoms with Crippen LogP contribution in [0.4, 0.5) is 15.6 Å². The van der Waals surface area contributed by atoms with Gasteiger partial charge in [-0.2, -0.15) is 0 Å². The summed E-state index contributed by atoms with van der Waals surface area (Å²) in [5, 5.41) is 8.84. The molecule has 3 N–H and O–H groups in total. The standard InChI is InChI=1S/C22H20N4O4S/c1-29-16-7-4-14(5-8-16)11-20(27)26-22-25-18-9-6-15(12-19(18)31-22)24-21(28)23-13-17-3-2-10-30-17/h2-10,12H,11,13H2,1H3,(H2,23,24,28)(H,25,26,27). The third kappa shape index (κ3) is 5.40. The summed E-state index contributed by atoms with van der Waals surface area (Å²) in [4.78, 5) is 28.9. The van der Waals surface area contributed by atoms with Crippen LogP contribution in [0.15, 0.2) is 65.3 Å². The number of nitrogens with zero attached hydrogens (tertiary/aromatic N) is 1. The second kappa shape index (κ2) is 9.31. The molecule has 0 saturated heterocycles. The molecule has 8 nitrogen and oxygen atoms in total. The minimum Gasteiger partial charge on any atom is -0.497 e. The van der Waals surface area contributed by atoms with Crippen molar-refractivity contribution in [3.05, 3.63) is 72.2 Å². The highest BCUT2D eigenvalue weighted by atomic mass is 32.1. The number of methoxy groups -OCH3 is 1. The number of hydrogen-bond acceptors (Lipinski definition) is 6. The van der Waals surface area contributed by atoms with Crippen molar-refractivity contribution in [3.8, 4) is 5.75 Å². The van der Waals surface area contributed by atoms with Crippen molar-refractivity contribution in [3.63, 3.8) is 0 Å². The molecular weight excluding hydrogens is 416 g/mol. The van der Waals surface area contributed by atoms with E-state index < -0.39 is 0 Å². The number of furan rings is 1. The Hall–Kier alpha value is -3.85. The van der Waals surface area contributed by atoms with E-state index in [0.717, 1.165) is 21.5 Å². The third-order valence-electron chi connectivity index (χ3n) is 4.42. The Morgan fingerprint density at radius 1 is 1.10 bits per heavy atom. The van der Waals surface area contributed by atoms with Crippen molar-refractivity contribution in [1.29, 1.82) is 0 Å². The van der Waals surface area contributed by atoms with Crippen molar-refractivity contribution in [2.45, 2.75) is 13.0 Å². The molecule has 0 atom stereocenters. The van der Waals surface area contributed by atoms with Gasteiger partial charge < -0.3 is 25.1 Å². The summed E-state index contributed by atoms with van der Waals surface area (Å²) in [6.07, 6.45) is 1.79. The molecule has 0 spiro atoms. The van der Waals surface area contributed by atoms with E-state index >= 15 is 0 Å². The molecule has 4 aromatic rings. The Bertz CT molecular complexity index is 1190. The number of amides is 3. The summed E-state index contributed by atoms with van der Waals surface area (Å²) in [5.41, 5.74) is 2.25. The summed E-state index contributed by atoms with van der Waals surface area (Å²) in [6.45, 7) is 0.298. The van der Waals surface area contributed by atoms with Gasteiger partial charge in [0.25, 0.3) is 0 Å². The van der Waals surface area contributed by atoms with Crippen molar-refractivity contribution in [1.82, 2.24) is 10.3 Å². The first kappa shape index (κ1) is 20.4. The molecule has 158 valence electrons. The molecule has 3 amide bonds. The molecule has 0 aliphatic rings. The Morgan fingerprint density at radius 2 is 1.94 bits per heavy atom. The number of anilines is 2. The Morgan fingerprint density at radius 3 is 2.68 bits per heavy atom. The first-order chi connectivity index (χ1) is 15.1. The van der Waals surface area contributed by atoms with Gasteiger partial charge in [0.05, 0.1) is 36.6 Å². The second-order valence-corrected chi connectivity index (χ2v) is 7.69. The van der Waals surface area contributed by atoms with Crippen LogP contribution < -0.4 is 20.7 Å². The van der Waals surface area contributed by atoms with E-state index in [1.165, 1.54) is 11.3 Å². The first-order valence-electron chi connectivity index (χ1n) is 9.49. The lowest BCUT2D eigenvalue weighted by molar-refractivity contribution is -0.115. The Labute approximate surface area is 182 Å². The molecule has 0 aliphatic carbocycles. The fraction of sp³-hybridized carbons (Fsp3) is 0.136. The first-order valence-corrected chi connectivity index (χ1v) is 10.3. The fourth-order valence-electron chi connectivity index (χ4n) is 2.90. The summed E-state index contributed by atoms with van der Waals surface area (Å²) < 4.78 is 11.2. The van der Waals surface area contributed by atoms with E-state index in [0.29, 0.717) is 23.1 Å². The minimum atomic E-state index is -0.340. The number of rotatable bonds is 7. The molecule has 0 saturated carbocycles. The van der Waals surface area contributed by atoms with Gasteiger partial charge in [-0.15, -0.1) is 0 Å². The normalized spacial score (nSPS) is 10.6. The number of thiazole rings is 1. The summed E-state index contributed by atoms with van der Waals surface area (Å²) in [7, 11) is 1.60. The molecule has 0 radical (unpaired) electrons. The van der Waals surface area contributed by atoms with Crippen molar-refractivity contribution >= 4 is 44.3 Å². The predicted molar refractivity (Wildman–Crippen MR) is 120 cm³/mol. The van der Waals surface area contributed by atoms with Gasteiger partial charge in [0, 0.05) is 5.69 Å². The summed E-state index contributed by atoms with van der Waals surface area (Å²) >= 11 is 1.35. The van der Waals surface area contributed by atoms with E-state index in [9.17, 15) is 9.59 Å². The van der Waals surface area contributed by atoms with Gasteiger partial charge in [0.2, 0.25) is 5.91 Å². The molecule has 2 aromatic heterocycles. The zero-order valence-corrected chi connectivity index (χ0v) is 17.5. The van der Waals surface area contributed by atoms with Crippen LogP contribution in [0.1, 0.15) is 11.3 Å². The zero-order chi connectivity index (χ0) is 21.6. The molecule has 0 unspecified atom stereocenters. The summed E-state index contributed by atoms with van der Waals surface area (Å²) in [6, 6.07) is 15.9. The molecule has 9 heteroatoms. The van der Waals surface area contributed by atoms with E-state index in [1.807, 2.05) is 30.3 Å². The Balaban J connectivity index is 1.35. The highest BCUT2D eigenvalue weighted by Crippen LogP contribution is 2.28. The molecule has 0 aliphatic heterocycles. The van der Waals surface area contributed by atoms with Crippen LogP contribution >= 0.6 is 11.3 Å². The lowest BCUT2D eigenvalue weighted by Crippen LogP contribution is -2.27. The van der Waals surface area contributed by atoms with Gasteiger partial charge in [-0.1, -0.05) is 23.5 Å². The van der Waals surface area contributed by atoms with Gasteiger partial charge >= 0.3 is 6.03 Å². The fourth-order valence-corrected chi connectivity index (χ4v) is 3.83. The van der Waals surface area contributed by atoms with E-state index in [1.54, 1.807) is 37.6 Å². The van der Waals surface area contributed by atoms with Crippen LogP contribution in [0, 0.1) is 0 Å². The maximum absolute atomic E-state index is 12.3. The van der Waals surface area contributed by atoms with Crippen LogP contribution in [0.25, 0.3) is 10.2 Å². The minimum absolute atomic E-state index is 0.153. The maximum Gasteiger partial charge on any atom is 0.319 e. The zero-order valence-electron chi connectivity index (χ0n) is 16.7. The van der Waals surface area contributed by atoms with E-state index in [4.69, 9.17) is 9.15 Å². The van der Waals surface area contributed by atoms with Crippen LogP contribution in [0.2, 0.25) is 0 Å².